The number of rotatable bonds is 3. The molecule has 6 nitrogen and oxygen atoms in total. The largest absolute Gasteiger partial charge is 0.490 e. The molecule has 2 aromatic rings. The Labute approximate surface area is 137 Å². The molecule has 1 aromatic heterocycles. The van der Waals surface area contributed by atoms with E-state index in [1.165, 1.54) is 17.8 Å². The summed E-state index contributed by atoms with van der Waals surface area (Å²) in [6, 6.07) is 7.22. The van der Waals surface area contributed by atoms with Gasteiger partial charge in [0.1, 0.15) is 12.4 Å². The maximum absolute atomic E-state index is 12.5. The molecule has 7 heteroatoms. The van der Waals surface area contributed by atoms with E-state index >= 15 is 0 Å². The van der Waals surface area contributed by atoms with E-state index in [9.17, 15) is 9.59 Å². The van der Waals surface area contributed by atoms with E-state index in [1.807, 2.05) is 25.1 Å². The van der Waals surface area contributed by atoms with Crippen LogP contribution in [0.25, 0.3) is 0 Å². The van der Waals surface area contributed by atoms with E-state index < -0.39 is 0 Å². The molecule has 120 valence electrons. The summed E-state index contributed by atoms with van der Waals surface area (Å²) in [5.41, 5.74) is 2.30. The predicted molar refractivity (Wildman–Crippen MR) is 89.3 cm³/mol. The van der Waals surface area contributed by atoms with E-state index in [-0.39, 0.29) is 17.2 Å². The van der Waals surface area contributed by atoms with Crippen molar-refractivity contribution in [3.05, 3.63) is 45.9 Å². The summed E-state index contributed by atoms with van der Waals surface area (Å²) in [7, 11) is 0. The highest BCUT2D eigenvalue weighted by molar-refractivity contribution is 7.99. The van der Waals surface area contributed by atoms with E-state index in [0.717, 1.165) is 17.0 Å². The van der Waals surface area contributed by atoms with Crippen molar-refractivity contribution >= 4 is 23.4 Å². The van der Waals surface area contributed by atoms with Gasteiger partial charge in [-0.2, -0.15) is 0 Å². The summed E-state index contributed by atoms with van der Waals surface area (Å²) in [6.07, 6.45) is 0. The molecule has 3 rings (SSSR count). The van der Waals surface area contributed by atoms with Gasteiger partial charge in [0.15, 0.2) is 5.16 Å². The fourth-order valence-corrected chi connectivity index (χ4v) is 3.21. The number of aromatic amines is 1. The van der Waals surface area contributed by atoms with Crippen molar-refractivity contribution < 1.29 is 9.53 Å². The first-order chi connectivity index (χ1) is 11.0. The Balaban J connectivity index is 1.74. The van der Waals surface area contributed by atoms with Crippen molar-refractivity contribution in [3.8, 4) is 5.75 Å². The van der Waals surface area contributed by atoms with Crippen LogP contribution in [0, 0.1) is 13.8 Å². The van der Waals surface area contributed by atoms with Gasteiger partial charge in [-0.3, -0.25) is 9.59 Å². The van der Waals surface area contributed by atoms with Gasteiger partial charge >= 0.3 is 0 Å². The number of nitrogens with one attached hydrogen (secondary N) is 1. The molecule has 0 bridgehead atoms. The first kappa shape index (κ1) is 15.6. The number of fused-ring (bicyclic) bond motifs is 1. The molecule has 1 aromatic carbocycles. The van der Waals surface area contributed by atoms with Gasteiger partial charge in [-0.1, -0.05) is 17.8 Å². The van der Waals surface area contributed by atoms with Crippen LogP contribution >= 0.6 is 11.8 Å². The Morgan fingerprint density at radius 1 is 1.39 bits per heavy atom. The van der Waals surface area contributed by atoms with Gasteiger partial charge in [-0.25, -0.2) is 4.98 Å². The van der Waals surface area contributed by atoms with E-state index in [1.54, 1.807) is 11.8 Å². The normalized spacial score (nSPS) is 13.4. The highest BCUT2D eigenvalue weighted by atomic mass is 32.2. The lowest BCUT2D eigenvalue weighted by molar-refractivity contribution is -0.116. The minimum atomic E-state index is -0.209. The number of hydrogen-bond acceptors (Lipinski definition) is 5. The summed E-state index contributed by atoms with van der Waals surface area (Å²) in [6.45, 7) is 4.73. The molecule has 0 saturated carbocycles. The second kappa shape index (κ2) is 6.45. The molecule has 0 saturated heterocycles. The van der Waals surface area contributed by atoms with Crippen molar-refractivity contribution in [3.63, 3.8) is 0 Å². The zero-order valence-electron chi connectivity index (χ0n) is 13.0. The average molecular weight is 331 g/mol. The number of carbonyl (C=O) groups is 1. The predicted octanol–water partition coefficient (Wildman–Crippen LogP) is 1.90. The number of benzene rings is 1. The van der Waals surface area contributed by atoms with Crippen LogP contribution in [-0.4, -0.2) is 34.8 Å². The summed E-state index contributed by atoms with van der Waals surface area (Å²) in [5.74, 6) is 0.899. The molecule has 0 aliphatic carbocycles. The molecule has 0 atom stereocenters. The summed E-state index contributed by atoms with van der Waals surface area (Å²) >= 11 is 1.23. The van der Waals surface area contributed by atoms with Crippen LogP contribution in [0.4, 0.5) is 5.69 Å². The summed E-state index contributed by atoms with van der Waals surface area (Å²) < 4.78 is 5.59. The number of amides is 1. The Hall–Kier alpha value is -2.28. The van der Waals surface area contributed by atoms with Crippen LogP contribution in [0.1, 0.15) is 11.3 Å². The van der Waals surface area contributed by atoms with E-state index in [2.05, 4.69) is 9.97 Å². The lowest BCUT2D eigenvalue weighted by Gasteiger charge is -2.29. The van der Waals surface area contributed by atoms with Gasteiger partial charge < -0.3 is 14.6 Å². The third kappa shape index (κ3) is 3.56. The Kier molecular flexibility index (Phi) is 4.38. The van der Waals surface area contributed by atoms with Gasteiger partial charge in [0.05, 0.1) is 18.0 Å². The maximum Gasteiger partial charge on any atom is 0.251 e. The van der Waals surface area contributed by atoms with Crippen molar-refractivity contribution in [2.45, 2.75) is 19.0 Å². The number of thioether (sulfide) groups is 1. The van der Waals surface area contributed by atoms with Crippen LogP contribution in [0.2, 0.25) is 0 Å². The molecule has 2 heterocycles. The third-order valence-corrected chi connectivity index (χ3v) is 4.32. The molecule has 1 amide bonds. The molecule has 1 aliphatic heterocycles. The quantitative estimate of drug-likeness (QED) is 0.687. The maximum atomic E-state index is 12.5. The van der Waals surface area contributed by atoms with Crippen LogP contribution in [0.3, 0.4) is 0 Å². The van der Waals surface area contributed by atoms with Crippen molar-refractivity contribution in [1.82, 2.24) is 9.97 Å². The number of hydrogen-bond donors (Lipinski definition) is 1. The molecule has 1 aliphatic rings. The van der Waals surface area contributed by atoms with E-state index in [0.29, 0.717) is 24.0 Å². The van der Waals surface area contributed by atoms with Crippen molar-refractivity contribution in [2.24, 2.45) is 0 Å². The van der Waals surface area contributed by atoms with Gasteiger partial charge in [-0.05, 0) is 31.5 Å². The fraction of sp³-hybridized carbons (Fsp3) is 0.312. The topological polar surface area (TPSA) is 75.3 Å². The Morgan fingerprint density at radius 3 is 3.00 bits per heavy atom. The zero-order chi connectivity index (χ0) is 16.4. The molecule has 0 radical (unpaired) electrons. The van der Waals surface area contributed by atoms with Gasteiger partial charge in [0.25, 0.3) is 5.56 Å². The highest BCUT2D eigenvalue weighted by Gasteiger charge is 2.23. The summed E-state index contributed by atoms with van der Waals surface area (Å²) in [5, 5.41) is 0.459. The lowest BCUT2D eigenvalue weighted by atomic mass is 10.1. The van der Waals surface area contributed by atoms with Crippen LogP contribution in [0.15, 0.2) is 34.2 Å². The zero-order valence-corrected chi connectivity index (χ0v) is 13.8. The minimum absolute atomic E-state index is 0.0331. The number of aromatic nitrogens is 2. The number of H-pyrrole nitrogens is 1. The number of carbonyl (C=O) groups excluding carboxylic acids is 1. The average Bonchev–Trinajstić information content (AvgIpc) is 2.51. The number of aryl methyl sites for hydroxylation is 2. The molecule has 1 N–H and O–H groups in total. The smallest absolute Gasteiger partial charge is 0.251 e. The second-order valence-corrected chi connectivity index (χ2v) is 6.31. The fourth-order valence-electron chi connectivity index (χ4n) is 2.41. The number of nitrogens with zero attached hydrogens (tertiary/aromatic N) is 2. The first-order valence-electron chi connectivity index (χ1n) is 7.27. The van der Waals surface area contributed by atoms with Crippen LogP contribution < -0.4 is 15.2 Å². The van der Waals surface area contributed by atoms with Crippen LogP contribution in [0.5, 0.6) is 5.75 Å². The molecule has 0 unspecified atom stereocenters. The van der Waals surface area contributed by atoms with Crippen LogP contribution in [-0.2, 0) is 4.79 Å². The Morgan fingerprint density at radius 2 is 2.22 bits per heavy atom. The van der Waals surface area contributed by atoms with Gasteiger partial charge in [-0.15, -0.1) is 0 Å². The van der Waals surface area contributed by atoms with Crippen molar-refractivity contribution in [2.75, 3.05) is 23.8 Å². The molecule has 0 fully saturated rings. The first-order valence-corrected chi connectivity index (χ1v) is 8.26. The third-order valence-electron chi connectivity index (χ3n) is 3.46. The minimum Gasteiger partial charge on any atom is -0.490 e. The lowest BCUT2D eigenvalue weighted by Crippen LogP contribution is -2.39. The van der Waals surface area contributed by atoms with Gasteiger partial charge in [0, 0.05) is 11.8 Å². The number of anilines is 1. The summed E-state index contributed by atoms with van der Waals surface area (Å²) in [4.78, 5) is 32.6. The van der Waals surface area contributed by atoms with Gasteiger partial charge in [0.2, 0.25) is 5.91 Å². The molecular weight excluding hydrogens is 314 g/mol. The number of ether oxygens (including phenoxy) is 1. The Bertz CT molecular complexity index is 803. The monoisotopic (exact) mass is 331 g/mol. The van der Waals surface area contributed by atoms with E-state index in [4.69, 9.17) is 4.74 Å². The molecular formula is C16H17N3O3S. The second-order valence-electron chi connectivity index (χ2n) is 5.35. The molecule has 23 heavy (non-hydrogen) atoms. The highest BCUT2D eigenvalue weighted by Crippen LogP contribution is 2.32. The standard InChI is InChI=1S/C16H17N3O3S/c1-10-3-4-13-12(7-10)19(5-6-22-13)15(21)9-23-16-17-11(2)8-14(20)18-16/h3-4,7-8H,5-6,9H2,1-2H3,(H,17,18,20). The van der Waals surface area contributed by atoms with Crippen molar-refractivity contribution in [1.29, 1.82) is 0 Å². The SMILES string of the molecule is Cc1ccc2c(c1)N(C(=O)CSc1nc(C)cc(=O)[nH]1)CCO2. The molecule has 0 spiro atoms.